The summed E-state index contributed by atoms with van der Waals surface area (Å²) in [6.45, 7) is 4.29. The first-order valence-electron chi connectivity index (χ1n) is 5.03. The van der Waals surface area contributed by atoms with Gasteiger partial charge in [0.2, 0.25) is 0 Å². The second-order valence-corrected chi connectivity index (χ2v) is 4.04. The monoisotopic (exact) mass is 192 g/mol. The highest BCUT2D eigenvalue weighted by Crippen LogP contribution is 2.18. The second-order valence-electron chi connectivity index (χ2n) is 4.04. The minimum atomic E-state index is 0.227. The Kier molecular flexibility index (Phi) is 2.63. The Morgan fingerprint density at radius 1 is 1.64 bits per heavy atom. The van der Waals surface area contributed by atoms with Gasteiger partial charge in [0, 0.05) is 18.3 Å². The molecule has 76 valence electrons. The van der Waals surface area contributed by atoms with Crippen molar-refractivity contribution in [3.63, 3.8) is 0 Å². The molecule has 1 aliphatic heterocycles. The summed E-state index contributed by atoms with van der Waals surface area (Å²) in [7, 11) is 0. The molecule has 0 bridgehead atoms. The first-order chi connectivity index (χ1) is 6.79. The highest BCUT2D eigenvalue weighted by atomic mass is 15.1. The predicted octanol–water partition coefficient (Wildman–Crippen LogP) is 1.03. The minimum absolute atomic E-state index is 0.227. The van der Waals surface area contributed by atoms with Gasteiger partial charge in [0.05, 0.1) is 0 Å². The summed E-state index contributed by atoms with van der Waals surface area (Å²) in [5.41, 5.74) is 0.227. The maximum Gasteiger partial charge on any atom is 0.129 e. The standard InChI is InChI=1S/C10H16N4/c1-10(4-2-5-14-10)7-12-9-3-6-11-8-13-9/h3,6,8,14H,2,4-5,7H2,1H3,(H,11,12,13). The van der Waals surface area contributed by atoms with Crippen LogP contribution in [0.4, 0.5) is 5.82 Å². The third kappa shape index (κ3) is 2.20. The maximum absolute atomic E-state index is 4.12. The zero-order valence-corrected chi connectivity index (χ0v) is 8.45. The number of anilines is 1. The third-order valence-corrected chi connectivity index (χ3v) is 2.70. The van der Waals surface area contributed by atoms with Crippen molar-refractivity contribution in [1.82, 2.24) is 15.3 Å². The van der Waals surface area contributed by atoms with Crippen molar-refractivity contribution in [2.75, 3.05) is 18.4 Å². The van der Waals surface area contributed by atoms with Crippen LogP contribution in [0.15, 0.2) is 18.6 Å². The number of aromatic nitrogens is 2. The van der Waals surface area contributed by atoms with Crippen molar-refractivity contribution >= 4 is 5.82 Å². The lowest BCUT2D eigenvalue weighted by Gasteiger charge is -2.24. The lowest BCUT2D eigenvalue weighted by molar-refractivity contribution is 0.438. The van der Waals surface area contributed by atoms with Gasteiger partial charge in [-0.3, -0.25) is 0 Å². The van der Waals surface area contributed by atoms with E-state index in [9.17, 15) is 0 Å². The topological polar surface area (TPSA) is 49.8 Å². The third-order valence-electron chi connectivity index (χ3n) is 2.70. The average molecular weight is 192 g/mol. The molecule has 0 saturated carbocycles. The molecule has 0 aromatic carbocycles. The van der Waals surface area contributed by atoms with Gasteiger partial charge in [-0.05, 0) is 32.4 Å². The molecule has 0 amide bonds. The molecule has 2 rings (SSSR count). The fourth-order valence-electron chi connectivity index (χ4n) is 1.79. The lowest BCUT2D eigenvalue weighted by Crippen LogP contribution is -2.42. The summed E-state index contributed by atoms with van der Waals surface area (Å²) in [4.78, 5) is 8.00. The molecule has 1 fully saturated rings. The van der Waals surface area contributed by atoms with Crippen molar-refractivity contribution in [3.8, 4) is 0 Å². The van der Waals surface area contributed by atoms with E-state index in [2.05, 4.69) is 27.5 Å². The van der Waals surface area contributed by atoms with Crippen molar-refractivity contribution < 1.29 is 0 Å². The molecule has 1 aromatic rings. The van der Waals surface area contributed by atoms with Crippen LogP contribution in [0.25, 0.3) is 0 Å². The number of hydrogen-bond donors (Lipinski definition) is 2. The van der Waals surface area contributed by atoms with Gasteiger partial charge < -0.3 is 10.6 Å². The van der Waals surface area contributed by atoms with Crippen molar-refractivity contribution in [3.05, 3.63) is 18.6 Å². The molecule has 0 spiro atoms. The fourth-order valence-corrected chi connectivity index (χ4v) is 1.79. The van der Waals surface area contributed by atoms with Crippen molar-refractivity contribution in [2.45, 2.75) is 25.3 Å². The average Bonchev–Trinajstić information content (AvgIpc) is 2.65. The van der Waals surface area contributed by atoms with E-state index in [1.54, 1.807) is 12.5 Å². The molecule has 1 saturated heterocycles. The Balaban J connectivity index is 1.88. The van der Waals surface area contributed by atoms with Gasteiger partial charge >= 0.3 is 0 Å². The second kappa shape index (κ2) is 3.92. The summed E-state index contributed by atoms with van der Waals surface area (Å²) in [6, 6.07) is 1.89. The van der Waals surface area contributed by atoms with E-state index < -0.39 is 0 Å². The lowest BCUT2D eigenvalue weighted by atomic mass is 10.0. The van der Waals surface area contributed by atoms with E-state index in [1.807, 2.05) is 6.07 Å². The van der Waals surface area contributed by atoms with E-state index in [-0.39, 0.29) is 5.54 Å². The highest BCUT2D eigenvalue weighted by Gasteiger charge is 2.27. The number of nitrogens with zero attached hydrogens (tertiary/aromatic N) is 2. The highest BCUT2D eigenvalue weighted by molar-refractivity contribution is 5.32. The molecule has 0 aliphatic carbocycles. The normalized spacial score (nSPS) is 26.4. The SMILES string of the molecule is CC1(CNc2ccncn2)CCCN1. The fraction of sp³-hybridized carbons (Fsp3) is 0.600. The largest absolute Gasteiger partial charge is 0.368 e. The molecule has 4 heteroatoms. The first-order valence-corrected chi connectivity index (χ1v) is 5.03. The maximum atomic E-state index is 4.12. The number of hydrogen-bond acceptors (Lipinski definition) is 4. The number of rotatable bonds is 3. The summed E-state index contributed by atoms with van der Waals surface area (Å²) < 4.78 is 0. The summed E-state index contributed by atoms with van der Waals surface area (Å²) in [5.74, 6) is 0.898. The van der Waals surface area contributed by atoms with E-state index in [4.69, 9.17) is 0 Å². The Bertz CT molecular complexity index is 279. The number of nitrogens with one attached hydrogen (secondary N) is 2. The van der Waals surface area contributed by atoms with Crippen LogP contribution in [-0.4, -0.2) is 28.6 Å². The molecule has 2 heterocycles. The van der Waals surface area contributed by atoms with Crippen LogP contribution in [0.1, 0.15) is 19.8 Å². The van der Waals surface area contributed by atoms with Crippen LogP contribution in [0.3, 0.4) is 0 Å². The van der Waals surface area contributed by atoms with E-state index in [1.165, 1.54) is 12.8 Å². The molecule has 1 aliphatic rings. The van der Waals surface area contributed by atoms with Crippen molar-refractivity contribution in [2.24, 2.45) is 0 Å². The predicted molar refractivity (Wildman–Crippen MR) is 56.2 cm³/mol. The Hall–Kier alpha value is -1.16. The molecule has 1 aromatic heterocycles. The molecule has 0 radical (unpaired) electrons. The van der Waals surface area contributed by atoms with Crippen LogP contribution in [0, 0.1) is 0 Å². The van der Waals surface area contributed by atoms with Crippen LogP contribution in [-0.2, 0) is 0 Å². The van der Waals surface area contributed by atoms with Gasteiger partial charge in [-0.2, -0.15) is 0 Å². The molecule has 4 nitrogen and oxygen atoms in total. The Morgan fingerprint density at radius 2 is 2.57 bits per heavy atom. The van der Waals surface area contributed by atoms with Crippen LogP contribution < -0.4 is 10.6 Å². The molecular formula is C10H16N4. The first kappa shape index (κ1) is 9.40. The quantitative estimate of drug-likeness (QED) is 0.751. The smallest absolute Gasteiger partial charge is 0.129 e. The molecule has 1 atom stereocenters. The van der Waals surface area contributed by atoms with Crippen molar-refractivity contribution in [1.29, 1.82) is 0 Å². The van der Waals surface area contributed by atoms with Gasteiger partial charge in [-0.1, -0.05) is 0 Å². The van der Waals surface area contributed by atoms with Gasteiger partial charge in [-0.15, -0.1) is 0 Å². The molecule has 2 N–H and O–H groups in total. The minimum Gasteiger partial charge on any atom is -0.368 e. The van der Waals surface area contributed by atoms with Gasteiger partial charge in [0.1, 0.15) is 12.1 Å². The van der Waals surface area contributed by atoms with Crippen LogP contribution in [0.5, 0.6) is 0 Å². The van der Waals surface area contributed by atoms with E-state index >= 15 is 0 Å². The molecule has 1 unspecified atom stereocenters. The Labute approximate surface area is 84.2 Å². The molecular weight excluding hydrogens is 176 g/mol. The van der Waals surface area contributed by atoms with Gasteiger partial charge in [0.25, 0.3) is 0 Å². The van der Waals surface area contributed by atoms with Crippen LogP contribution >= 0.6 is 0 Å². The summed E-state index contributed by atoms with van der Waals surface area (Å²) in [6.07, 6.45) is 5.81. The zero-order chi connectivity index (χ0) is 9.86. The summed E-state index contributed by atoms with van der Waals surface area (Å²) >= 11 is 0. The molecule has 14 heavy (non-hydrogen) atoms. The Morgan fingerprint density at radius 3 is 3.21 bits per heavy atom. The van der Waals surface area contributed by atoms with E-state index in [0.29, 0.717) is 0 Å². The van der Waals surface area contributed by atoms with Gasteiger partial charge in [-0.25, -0.2) is 9.97 Å². The van der Waals surface area contributed by atoms with Gasteiger partial charge in [0.15, 0.2) is 0 Å². The summed E-state index contributed by atoms with van der Waals surface area (Å²) in [5, 5.41) is 6.81. The van der Waals surface area contributed by atoms with E-state index in [0.717, 1.165) is 18.9 Å². The van der Waals surface area contributed by atoms with Crippen LogP contribution in [0.2, 0.25) is 0 Å². The zero-order valence-electron chi connectivity index (χ0n) is 8.45.